The molecule has 3 heterocycles. The van der Waals surface area contributed by atoms with Crippen molar-refractivity contribution in [2.45, 2.75) is 9.92 Å². The van der Waals surface area contributed by atoms with E-state index in [1.54, 1.807) is 60.9 Å². The Morgan fingerprint density at radius 3 is 1.97 bits per heavy atom. The first kappa shape index (κ1) is 23.0. The largest absolute Gasteiger partial charge is 0.345 e. The molecule has 0 saturated carbocycles. The molecule has 2 aromatic heterocycles. The number of hydrogen-bond acceptors (Lipinski definition) is 5. The van der Waals surface area contributed by atoms with Crippen molar-refractivity contribution >= 4 is 42.6 Å². The van der Waals surface area contributed by atoms with Gasteiger partial charge in [-0.25, -0.2) is 16.8 Å². The zero-order chi connectivity index (χ0) is 23.9. The van der Waals surface area contributed by atoms with Crippen LogP contribution in [0.3, 0.4) is 0 Å². The number of aromatic amines is 1. The highest BCUT2D eigenvalue weighted by Crippen LogP contribution is 2.27. The minimum atomic E-state index is -3.80. The summed E-state index contributed by atoms with van der Waals surface area (Å²) >= 11 is 6.00. The second kappa shape index (κ2) is 8.79. The lowest BCUT2D eigenvalue weighted by atomic mass is 10.1. The molecule has 0 radical (unpaired) electrons. The molecular weight excluding hydrogens is 496 g/mol. The van der Waals surface area contributed by atoms with Crippen LogP contribution in [0.4, 0.5) is 0 Å². The van der Waals surface area contributed by atoms with Gasteiger partial charge in [-0.2, -0.15) is 8.61 Å². The molecule has 0 bridgehead atoms. The number of H-pyrrole nitrogens is 1. The first-order valence-corrected chi connectivity index (χ1v) is 13.8. The van der Waals surface area contributed by atoms with Crippen LogP contribution >= 0.6 is 11.6 Å². The van der Waals surface area contributed by atoms with Gasteiger partial charge < -0.3 is 4.98 Å². The third-order valence-corrected chi connectivity index (χ3v) is 9.85. The average molecular weight is 517 g/mol. The third kappa shape index (κ3) is 4.23. The van der Waals surface area contributed by atoms with E-state index in [1.165, 1.54) is 8.61 Å². The van der Waals surface area contributed by atoms with Crippen molar-refractivity contribution in [2.24, 2.45) is 0 Å². The van der Waals surface area contributed by atoms with Gasteiger partial charge in [-0.05, 0) is 59.7 Å². The molecule has 34 heavy (non-hydrogen) atoms. The zero-order valence-corrected chi connectivity index (χ0v) is 20.3. The first-order chi connectivity index (χ1) is 16.2. The summed E-state index contributed by atoms with van der Waals surface area (Å²) < 4.78 is 55.2. The summed E-state index contributed by atoms with van der Waals surface area (Å²) in [5.74, 6) is 0. The molecule has 0 unspecified atom stereocenters. The molecule has 8 nitrogen and oxygen atoms in total. The molecule has 11 heteroatoms. The Balaban J connectivity index is 1.31. The Hall–Kier alpha value is -2.76. The lowest BCUT2D eigenvalue weighted by molar-refractivity contribution is 0.272. The minimum Gasteiger partial charge on any atom is -0.345 e. The van der Waals surface area contributed by atoms with Gasteiger partial charge >= 0.3 is 0 Å². The number of aromatic nitrogens is 2. The van der Waals surface area contributed by atoms with Crippen LogP contribution in [-0.4, -0.2) is 61.6 Å². The van der Waals surface area contributed by atoms with Crippen molar-refractivity contribution < 1.29 is 16.8 Å². The van der Waals surface area contributed by atoms with Crippen LogP contribution in [0.5, 0.6) is 0 Å². The van der Waals surface area contributed by atoms with E-state index in [0.29, 0.717) is 15.9 Å². The number of hydrogen-bond donors (Lipinski definition) is 1. The highest BCUT2D eigenvalue weighted by atomic mass is 35.5. The summed E-state index contributed by atoms with van der Waals surface area (Å²) in [4.78, 5) is 7.09. The van der Waals surface area contributed by atoms with Gasteiger partial charge in [-0.1, -0.05) is 23.7 Å². The Morgan fingerprint density at radius 2 is 1.32 bits per heavy atom. The fraction of sp³-hybridized carbons (Fsp3) is 0.174. The minimum absolute atomic E-state index is 0.0623. The summed E-state index contributed by atoms with van der Waals surface area (Å²) in [6.45, 7) is 0.263. The molecule has 4 aromatic rings. The number of nitrogens with one attached hydrogen (secondary N) is 1. The van der Waals surface area contributed by atoms with Crippen molar-refractivity contribution in [3.05, 3.63) is 78.1 Å². The normalized spacial score (nSPS) is 16.1. The molecule has 1 aliphatic rings. The quantitative estimate of drug-likeness (QED) is 0.436. The first-order valence-electron chi connectivity index (χ1n) is 10.5. The number of rotatable bonds is 5. The Kier molecular flexibility index (Phi) is 5.95. The molecule has 2 aromatic carbocycles. The summed E-state index contributed by atoms with van der Waals surface area (Å²) in [5, 5.41) is 1.28. The fourth-order valence-electron chi connectivity index (χ4n) is 4.02. The van der Waals surface area contributed by atoms with Crippen molar-refractivity contribution in [3.8, 4) is 11.1 Å². The second-order valence-corrected chi connectivity index (χ2v) is 12.2. The van der Waals surface area contributed by atoms with E-state index in [2.05, 4.69) is 9.97 Å². The molecule has 176 valence electrons. The predicted octanol–water partition coefficient (Wildman–Crippen LogP) is 3.58. The number of nitrogens with zero attached hydrogens (tertiary/aromatic N) is 3. The van der Waals surface area contributed by atoms with Gasteiger partial charge in [0.2, 0.25) is 10.0 Å². The number of pyridine rings is 1. The number of benzene rings is 2. The van der Waals surface area contributed by atoms with E-state index in [4.69, 9.17) is 11.6 Å². The highest BCUT2D eigenvalue weighted by Gasteiger charge is 2.34. The number of piperazine rings is 1. The van der Waals surface area contributed by atoms with Crippen LogP contribution in [0.15, 0.2) is 83.0 Å². The maximum atomic E-state index is 13.1. The molecule has 0 aliphatic carbocycles. The second-order valence-electron chi connectivity index (χ2n) is 7.93. The van der Waals surface area contributed by atoms with Gasteiger partial charge in [-0.15, -0.1) is 0 Å². The van der Waals surface area contributed by atoms with Crippen LogP contribution in [-0.2, 0) is 20.0 Å². The van der Waals surface area contributed by atoms with Gasteiger partial charge in [0, 0.05) is 54.5 Å². The molecule has 0 amide bonds. The molecule has 1 fully saturated rings. The fourth-order valence-corrected chi connectivity index (χ4v) is 7.06. The molecule has 0 atom stereocenters. The lowest BCUT2D eigenvalue weighted by Crippen LogP contribution is -2.50. The van der Waals surface area contributed by atoms with Crippen LogP contribution in [0.25, 0.3) is 22.0 Å². The number of fused-ring (bicyclic) bond motifs is 1. The summed E-state index contributed by atoms with van der Waals surface area (Å²) in [6.07, 6.45) is 3.36. The topological polar surface area (TPSA) is 103 Å². The molecular formula is C23H21ClN4O4S2. The summed E-state index contributed by atoms with van der Waals surface area (Å²) in [6, 6.07) is 17.0. The maximum absolute atomic E-state index is 13.1. The van der Waals surface area contributed by atoms with Gasteiger partial charge in [0.05, 0.1) is 4.90 Å². The van der Waals surface area contributed by atoms with Gasteiger partial charge in [0.1, 0.15) is 5.03 Å². The van der Waals surface area contributed by atoms with E-state index in [0.717, 1.165) is 11.1 Å². The van der Waals surface area contributed by atoms with E-state index in [-0.39, 0.29) is 36.1 Å². The van der Waals surface area contributed by atoms with Crippen molar-refractivity contribution in [2.75, 3.05) is 26.2 Å². The van der Waals surface area contributed by atoms with Crippen molar-refractivity contribution in [3.63, 3.8) is 0 Å². The Bertz CT molecular complexity index is 1550. The van der Waals surface area contributed by atoms with Crippen LogP contribution in [0, 0.1) is 0 Å². The molecule has 1 aliphatic heterocycles. The maximum Gasteiger partial charge on any atom is 0.258 e. The molecule has 1 saturated heterocycles. The smallest absolute Gasteiger partial charge is 0.258 e. The molecule has 5 rings (SSSR count). The number of halogens is 1. The van der Waals surface area contributed by atoms with E-state index >= 15 is 0 Å². The standard InChI is InChI=1S/C23H21ClN4O4S2/c24-20-3-6-22-19(15-20)16-23(26-22)34(31,32)28-13-11-27(12-14-28)33(29,30)21-4-1-17(2-5-21)18-7-9-25-10-8-18/h1-10,15-16,26H,11-14H2. The van der Waals surface area contributed by atoms with Crippen LogP contribution in [0.2, 0.25) is 5.02 Å². The zero-order valence-electron chi connectivity index (χ0n) is 17.9. The molecule has 0 spiro atoms. The SMILES string of the molecule is O=S(=O)(c1ccc(-c2ccncc2)cc1)N1CCN(S(=O)(=O)c2cc3cc(Cl)ccc3[nH]2)CC1. The summed E-state index contributed by atoms with van der Waals surface area (Å²) in [7, 11) is -7.54. The van der Waals surface area contributed by atoms with Crippen LogP contribution < -0.4 is 0 Å². The average Bonchev–Trinajstić information content (AvgIpc) is 3.29. The van der Waals surface area contributed by atoms with Gasteiger partial charge in [0.15, 0.2) is 0 Å². The third-order valence-electron chi connectivity index (χ3n) is 5.88. The van der Waals surface area contributed by atoms with E-state index < -0.39 is 20.0 Å². The van der Waals surface area contributed by atoms with Crippen molar-refractivity contribution in [1.82, 2.24) is 18.6 Å². The number of sulfonamides is 2. The van der Waals surface area contributed by atoms with E-state index in [9.17, 15) is 16.8 Å². The van der Waals surface area contributed by atoms with Gasteiger partial charge in [0.25, 0.3) is 10.0 Å². The Labute approximate surface area is 202 Å². The van der Waals surface area contributed by atoms with Crippen LogP contribution in [0.1, 0.15) is 0 Å². The highest BCUT2D eigenvalue weighted by molar-refractivity contribution is 7.89. The van der Waals surface area contributed by atoms with Gasteiger partial charge in [-0.3, -0.25) is 4.98 Å². The summed E-state index contributed by atoms with van der Waals surface area (Å²) in [5.41, 5.74) is 2.49. The monoisotopic (exact) mass is 516 g/mol. The molecule has 1 N–H and O–H groups in total. The predicted molar refractivity (Wildman–Crippen MR) is 130 cm³/mol. The lowest BCUT2D eigenvalue weighted by Gasteiger charge is -2.33. The Morgan fingerprint density at radius 1 is 0.735 bits per heavy atom. The van der Waals surface area contributed by atoms with E-state index in [1.807, 2.05) is 12.1 Å². The van der Waals surface area contributed by atoms with Crippen molar-refractivity contribution in [1.29, 1.82) is 0 Å².